The number of carboxylic acid groups (broad SMARTS) is 1. The van der Waals surface area contributed by atoms with Crippen molar-refractivity contribution in [2.24, 2.45) is 0 Å². The lowest BCUT2D eigenvalue weighted by Gasteiger charge is -2.26. The molecule has 0 heterocycles. The molecule has 0 spiro atoms. The van der Waals surface area contributed by atoms with E-state index in [1.807, 2.05) is 21.1 Å². The molecule has 0 aliphatic carbocycles. The maximum atomic E-state index is 12.9. The van der Waals surface area contributed by atoms with Gasteiger partial charge in [0.2, 0.25) is 0 Å². The molecule has 488 valence electrons. The van der Waals surface area contributed by atoms with Gasteiger partial charge < -0.3 is 33.3 Å². The topological polar surface area (TPSA) is 111 Å². The van der Waals surface area contributed by atoms with E-state index in [0.29, 0.717) is 23.9 Å². The van der Waals surface area contributed by atoms with Crippen LogP contribution in [0, 0.1) is 0 Å². The van der Waals surface area contributed by atoms with Gasteiger partial charge in [-0.25, -0.2) is 0 Å². The van der Waals surface area contributed by atoms with E-state index in [1.165, 1.54) is 270 Å². The van der Waals surface area contributed by atoms with Gasteiger partial charge in [0.15, 0.2) is 12.4 Å². The standard InChI is InChI=1S/C74H139NO8/c1-6-8-10-12-14-16-18-20-22-24-26-28-30-31-32-33-34-35-36-37-38-39-40-41-43-44-46-48-50-52-54-56-58-60-62-64-71(76)81-68-70(69-82-74(73(78)79)80-67-66-75(3,4)5)83-72(77)65-63-61-59-57-55-53-51-49-47-45-42-29-27-25-23-21-19-17-15-13-11-9-7-2/h19,21,25,27,42,45,70,74H,6-18,20,22-24,26,28-41,43-44,46-69H2,1-5H3/b21-19-,27-25-,45-42-. The highest BCUT2D eigenvalue weighted by Crippen LogP contribution is 2.19. The average molecular weight is 1170 g/mol. The fraction of sp³-hybridized carbons (Fsp3) is 0.878. The van der Waals surface area contributed by atoms with E-state index in [0.717, 1.165) is 57.8 Å². The van der Waals surface area contributed by atoms with Crippen molar-refractivity contribution in [3.05, 3.63) is 36.5 Å². The van der Waals surface area contributed by atoms with Gasteiger partial charge in [-0.2, -0.15) is 0 Å². The number of likely N-dealkylation sites (N-methyl/N-ethyl adjacent to an activating group) is 1. The molecule has 2 atom stereocenters. The fourth-order valence-corrected chi connectivity index (χ4v) is 10.8. The van der Waals surface area contributed by atoms with E-state index in [9.17, 15) is 19.5 Å². The molecule has 83 heavy (non-hydrogen) atoms. The molecule has 2 unspecified atom stereocenters. The lowest BCUT2D eigenvalue weighted by atomic mass is 10.0. The molecule has 0 radical (unpaired) electrons. The Morgan fingerprint density at radius 1 is 0.361 bits per heavy atom. The molecule has 0 amide bonds. The minimum absolute atomic E-state index is 0.148. The van der Waals surface area contributed by atoms with Crippen LogP contribution in [-0.4, -0.2) is 82.3 Å². The van der Waals surface area contributed by atoms with Gasteiger partial charge in [-0.3, -0.25) is 9.59 Å². The van der Waals surface area contributed by atoms with Crippen LogP contribution in [0.25, 0.3) is 0 Å². The van der Waals surface area contributed by atoms with Crippen molar-refractivity contribution >= 4 is 17.9 Å². The summed E-state index contributed by atoms with van der Waals surface area (Å²) in [5.74, 6) is -2.27. The van der Waals surface area contributed by atoms with Crippen LogP contribution in [0.1, 0.15) is 361 Å². The summed E-state index contributed by atoms with van der Waals surface area (Å²) in [6, 6.07) is 0. The molecule has 0 fully saturated rings. The molecule has 0 N–H and O–H groups in total. The summed E-state index contributed by atoms with van der Waals surface area (Å²) in [5.41, 5.74) is 0. The molecule has 0 aromatic rings. The summed E-state index contributed by atoms with van der Waals surface area (Å²) in [6.07, 6.45) is 79.6. The van der Waals surface area contributed by atoms with Crippen LogP contribution in [0.15, 0.2) is 36.5 Å². The zero-order valence-corrected chi connectivity index (χ0v) is 55.8. The number of rotatable bonds is 68. The second kappa shape index (κ2) is 65.5. The zero-order valence-electron chi connectivity index (χ0n) is 55.8. The summed E-state index contributed by atoms with van der Waals surface area (Å²) < 4.78 is 22.8. The number of carbonyl (C=O) groups is 3. The van der Waals surface area contributed by atoms with E-state index >= 15 is 0 Å². The summed E-state index contributed by atoms with van der Waals surface area (Å²) in [7, 11) is 5.94. The number of allylic oxidation sites excluding steroid dienone is 6. The molecule has 0 rings (SSSR count). The van der Waals surface area contributed by atoms with Crippen molar-refractivity contribution in [3.63, 3.8) is 0 Å². The van der Waals surface area contributed by atoms with Crippen LogP contribution in [-0.2, 0) is 33.3 Å². The van der Waals surface area contributed by atoms with Gasteiger partial charge in [0.25, 0.3) is 0 Å². The average Bonchev–Trinajstić information content (AvgIpc) is 3.46. The molecular formula is C74H139NO8. The third kappa shape index (κ3) is 66.9. The highest BCUT2D eigenvalue weighted by atomic mass is 16.7. The van der Waals surface area contributed by atoms with Crippen molar-refractivity contribution in [1.82, 2.24) is 0 Å². The first kappa shape index (κ1) is 80.5. The number of ether oxygens (including phenoxy) is 4. The number of esters is 2. The number of hydrogen-bond acceptors (Lipinski definition) is 8. The molecule has 0 aliphatic heterocycles. The SMILES string of the molecule is CCCCCCC/C=C\C/C=C\C/C=C\CCCCCCCCCCC(=O)OC(COC(=O)CCCCCCCCCCCCCCCCCCCCCCCCCCCCCCCCCCCCC)COC(OCC[N+](C)(C)C)C(=O)[O-]. The molecule has 0 aromatic heterocycles. The maximum absolute atomic E-state index is 12.9. The van der Waals surface area contributed by atoms with Gasteiger partial charge in [-0.1, -0.05) is 333 Å². The van der Waals surface area contributed by atoms with Gasteiger partial charge in [0.05, 0.1) is 40.3 Å². The number of aliphatic carboxylic acids is 1. The molecule has 0 bridgehead atoms. The lowest BCUT2D eigenvalue weighted by molar-refractivity contribution is -0.870. The van der Waals surface area contributed by atoms with Gasteiger partial charge >= 0.3 is 11.9 Å². The molecule has 0 saturated heterocycles. The van der Waals surface area contributed by atoms with Gasteiger partial charge in [-0.15, -0.1) is 0 Å². The number of unbranched alkanes of at least 4 members (excludes halogenated alkanes) is 47. The Balaban J connectivity index is 4.02. The van der Waals surface area contributed by atoms with Crippen LogP contribution >= 0.6 is 0 Å². The van der Waals surface area contributed by atoms with Crippen LogP contribution in [0.5, 0.6) is 0 Å². The van der Waals surface area contributed by atoms with E-state index in [4.69, 9.17) is 18.9 Å². The van der Waals surface area contributed by atoms with Crippen LogP contribution < -0.4 is 5.11 Å². The summed E-state index contributed by atoms with van der Waals surface area (Å²) >= 11 is 0. The Morgan fingerprint density at radius 3 is 0.964 bits per heavy atom. The second-order valence-electron chi connectivity index (χ2n) is 25.9. The molecule has 9 nitrogen and oxygen atoms in total. The first-order valence-electron chi connectivity index (χ1n) is 36.1. The Kier molecular flexibility index (Phi) is 63.5. The fourth-order valence-electron chi connectivity index (χ4n) is 10.8. The molecule has 0 saturated carbocycles. The van der Waals surface area contributed by atoms with Gasteiger partial charge in [0.1, 0.15) is 13.2 Å². The second-order valence-corrected chi connectivity index (χ2v) is 25.9. The third-order valence-electron chi connectivity index (χ3n) is 16.4. The molecule has 0 aromatic carbocycles. The molecule has 0 aliphatic rings. The van der Waals surface area contributed by atoms with Crippen LogP contribution in [0.3, 0.4) is 0 Å². The lowest BCUT2D eigenvalue weighted by Crippen LogP contribution is -2.44. The third-order valence-corrected chi connectivity index (χ3v) is 16.4. The Morgan fingerprint density at radius 2 is 0.651 bits per heavy atom. The van der Waals surface area contributed by atoms with Crippen molar-refractivity contribution in [3.8, 4) is 0 Å². The van der Waals surface area contributed by atoms with Crippen molar-refractivity contribution in [1.29, 1.82) is 0 Å². The minimum Gasteiger partial charge on any atom is -0.545 e. The normalized spacial score (nSPS) is 12.8. The number of quaternary nitrogens is 1. The summed E-state index contributed by atoms with van der Waals surface area (Å²) in [4.78, 5) is 37.5. The first-order valence-corrected chi connectivity index (χ1v) is 36.1. The Hall–Kier alpha value is -2.49. The minimum atomic E-state index is -1.62. The highest BCUT2D eigenvalue weighted by Gasteiger charge is 2.22. The smallest absolute Gasteiger partial charge is 0.306 e. The molecule has 9 heteroatoms. The van der Waals surface area contributed by atoms with E-state index in [2.05, 4.69) is 50.3 Å². The summed E-state index contributed by atoms with van der Waals surface area (Å²) in [6.45, 7) is 4.79. The van der Waals surface area contributed by atoms with Gasteiger partial charge in [0, 0.05) is 12.8 Å². The maximum Gasteiger partial charge on any atom is 0.306 e. The largest absolute Gasteiger partial charge is 0.545 e. The van der Waals surface area contributed by atoms with E-state index < -0.39 is 24.3 Å². The highest BCUT2D eigenvalue weighted by molar-refractivity contribution is 5.70. The quantitative estimate of drug-likeness (QED) is 0.0195. The number of nitrogens with zero attached hydrogens (tertiary/aromatic N) is 1. The van der Waals surface area contributed by atoms with Gasteiger partial charge in [-0.05, 0) is 51.4 Å². The number of carbonyl (C=O) groups excluding carboxylic acids is 3. The van der Waals surface area contributed by atoms with E-state index in [1.54, 1.807) is 0 Å². The Labute approximate surface area is 515 Å². The predicted octanol–water partition coefficient (Wildman–Crippen LogP) is 21.0. The van der Waals surface area contributed by atoms with E-state index in [-0.39, 0.29) is 32.2 Å². The summed E-state index contributed by atoms with van der Waals surface area (Å²) in [5, 5.41) is 11.8. The number of hydrogen-bond donors (Lipinski definition) is 0. The predicted molar refractivity (Wildman–Crippen MR) is 353 cm³/mol. The first-order chi connectivity index (χ1) is 40.6. The zero-order chi connectivity index (χ0) is 60.5. The van der Waals surface area contributed by atoms with Crippen LogP contribution in [0.4, 0.5) is 0 Å². The van der Waals surface area contributed by atoms with Crippen molar-refractivity contribution in [2.45, 2.75) is 373 Å². The van der Waals surface area contributed by atoms with Crippen LogP contribution in [0.2, 0.25) is 0 Å². The molecular weight excluding hydrogens is 1030 g/mol. The van der Waals surface area contributed by atoms with Crippen molar-refractivity contribution < 1.29 is 42.9 Å². The Bertz CT molecular complexity index is 1450. The number of carboxylic acids is 1. The monoisotopic (exact) mass is 1170 g/mol. The van der Waals surface area contributed by atoms with Crippen molar-refractivity contribution in [2.75, 3.05) is 47.5 Å².